The van der Waals surface area contributed by atoms with Crippen LogP contribution in [0.1, 0.15) is 55.0 Å². The third-order valence-electron chi connectivity index (χ3n) is 9.77. The van der Waals surface area contributed by atoms with Crippen LogP contribution in [0.25, 0.3) is 10.1 Å². The Balaban J connectivity index is 1.32. The Morgan fingerprint density at radius 2 is 1.48 bits per heavy atom. The third-order valence-corrected chi connectivity index (χ3v) is 16.0. The van der Waals surface area contributed by atoms with E-state index in [-0.39, 0.29) is 34.9 Å². The van der Waals surface area contributed by atoms with Gasteiger partial charge in [-0.15, -0.1) is 11.3 Å². The number of fused-ring (bicyclic) bond motifs is 2. The molecule has 0 amide bonds. The van der Waals surface area contributed by atoms with Gasteiger partial charge in [0, 0.05) is 27.8 Å². The standard InChI is InChI=1S/C41H40O5SSi/c1-41(2,3)48(30-18-9-5-10-19-30,31-20-11-6-12-21-31)46-34(38-25-29-17-13-14-22-37(29)47-38)24-23-32-33-26-39(42)44-36(33)27-35(32)45-40(43)28-15-7-4-8-16-28/h4-25,32-36H,26-27H2,1-3H3/t32-,33-,34-,35-,36+/m1/s1. The normalized spacial score (nSPS) is 21.7. The molecule has 1 saturated heterocycles. The number of carbonyl (C=O) groups is 2. The van der Waals surface area contributed by atoms with E-state index in [0.29, 0.717) is 18.4 Å². The molecule has 48 heavy (non-hydrogen) atoms. The zero-order valence-electron chi connectivity index (χ0n) is 27.5. The number of carbonyl (C=O) groups excluding carboxylic acids is 2. The maximum Gasteiger partial charge on any atom is 0.338 e. The second kappa shape index (κ2) is 13.3. The Labute approximate surface area is 287 Å². The van der Waals surface area contributed by atoms with Crippen molar-refractivity contribution in [1.82, 2.24) is 0 Å². The Morgan fingerprint density at radius 1 is 0.875 bits per heavy atom. The van der Waals surface area contributed by atoms with Crippen LogP contribution in [0.2, 0.25) is 5.04 Å². The molecule has 4 aromatic carbocycles. The fourth-order valence-electron chi connectivity index (χ4n) is 7.52. The first-order valence-electron chi connectivity index (χ1n) is 16.6. The maximum absolute atomic E-state index is 13.2. The van der Waals surface area contributed by atoms with Crippen molar-refractivity contribution in [3.63, 3.8) is 0 Å². The summed E-state index contributed by atoms with van der Waals surface area (Å²) >= 11 is 1.74. The minimum atomic E-state index is -2.95. The number of hydrogen-bond donors (Lipinski definition) is 0. The number of rotatable bonds is 9. The van der Waals surface area contributed by atoms with Gasteiger partial charge in [0.15, 0.2) is 0 Å². The second-order valence-electron chi connectivity index (χ2n) is 13.8. The van der Waals surface area contributed by atoms with Gasteiger partial charge in [-0.1, -0.05) is 130 Å². The van der Waals surface area contributed by atoms with Gasteiger partial charge in [-0.05, 0) is 45.1 Å². The number of esters is 2. The van der Waals surface area contributed by atoms with Gasteiger partial charge in [0.1, 0.15) is 12.2 Å². The second-order valence-corrected chi connectivity index (χ2v) is 19.2. The van der Waals surface area contributed by atoms with Crippen molar-refractivity contribution in [2.75, 3.05) is 0 Å². The molecule has 1 aromatic heterocycles. The van der Waals surface area contributed by atoms with E-state index in [1.54, 1.807) is 23.5 Å². The average Bonchev–Trinajstić information content (AvgIpc) is 3.78. The van der Waals surface area contributed by atoms with Crippen LogP contribution >= 0.6 is 11.3 Å². The van der Waals surface area contributed by atoms with Crippen molar-refractivity contribution < 1.29 is 23.5 Å². The summed E-state index contributed by atoms with van der Waals surface area (Å²) in [4.78, 5) is 26.8. The van der Waals surface area contributed by atoms with E-state index in [4.69, 9.17) is 13.9 Å². The molecule has 5 nitrogen and oxygen atoms in total. The Bertz CT molecular complexity index is 1840. The van der Waals surface area contributed by atoms with Crippen molar-refractivity contribution in [3.05, 3.63) is 144 Å². The highest BCUT2D eigenvalue weighted by molar-refractivity contribution is 7.19. The van der Waals surface area contributed by atoms with E-state index in [1.165, 1.54) is 20.5 Å². The molecule has 2 fully saturated rings. The molecule has 7 heteroatoms. The maximum atomic E-state index is 13.2. The SMILES string of the molecule is CC(C)(C)[Si](O[C@H](C=C[C@@H]1[C@H]2CC(=O)O[C@H]2C[C@H]1OC(=O)c1ccccc1)c1cc2ccccc2s1)(c1ccccc1)c1ccccc1. The summed E-state index contributed by atoms with van der Waals surface area (Å²) in [6, 6.07) is 41.0. The van der Waals surface area contributed by atoms with Crippen LogP contribution in [0.5, 0.6) is 0 Å². The molecular weight excluding hydrogens is 633 g/mol. The first-order valence-corrected chi connectivity index (χ1v) is 19.4. The van der Waals surface area contributed by atoms with Crippen LogP contribution in [-0.4, -0.2) is 32.5 Å². The lowest BCUT2D eigenvalue weighted by molar-refractivity contribution is -0.141. The molecule has 7 rings (SSSR count). The fourth-order valence-corrected chi connectivity index (χ4v) is 13.3. The van der Waals surface area contributed by atoms with Crippen molar-refractivity contribution in [2.45, 2.75) is 57.0 Å². The lowest BCUT2D eigenvalue weighted by Crippen LogP contribution is -2.66. The smallest absolute Gasteiger partial charge is 0.338 e. The highest BCUT2D eigenvalue weighted by Gasteiger charge is 2.53. The van der Waals surface area contributed by atoms with Crippen LogP contribution in [0.3, 0.4) is 0 Å². The molecule has 0 spiro atoms. The summed E-state index contributed by atoms with van der Waals surface area (Å²) < 4.78 is 20.8. The van der Waals surface area contributed by atoms with Gasteiger partial charge < -0.3 is 13.9 Å². The van der Waals surface area contributed by atoms with E-state index in [9.17, 15) is 9.59 Å². The van der Waals surface area contributed by atoms with Crippen molar-refractivity contribution in [1.29, 1.82) is 0 Å². The van der Waals surface area contributed by atoms with E-state index in [2.05, 4.69) is 124 Å². The first-order chi connectivity index (χ1) is 23.2. The fraction of sp³-hybridized carbons (Fsp3) is 0.268. The third kappa shape index (κ3) is 6.18. The minimum Gasteiger partial charge on any atom is -0.462 e. The molecular formula is C41H40O5SSi. The predicted molar refractivity (Wildman–Crippen MR) is 194 cm³/mol. The van der Waals surface area contributed by atoms with Crippen molar-refractivity contribution >= 4 is 52.1 Å². The van der Waals surface area contributed by atoms with Crippen LogP contribution < -0.4 is 10.4 Å². The largest absolute Gasteiger partial charge is 0.462 e. The topological polar surface area (TPSA) is 61.8 Å². The van der Waals surface area contributed by atoms with Gasteiger partial charge in [-0.2, -0.15) is 0 Å². The lowest BCUT2D eigenvalue weighted by Gasteiger charge is -2.44. The van der Waals surface area contributed by atoms with Gasteiger partial charge in [-0.25, -0.2) is 4.79 Å². The van der Waals surface area contributed by atoms with Crippen LogP contribution in [0.15, 0.2) is 133 Å². The van der Waals surface area contributed by atoms with Crippen LogP contribution in [-0.2, 0) is 18.7 Å². The summed E-state index contributed by atoms with van der Waals surface area (Å²) in [5.41, 5.74) is 0.507. The Hall–Kier alpha value is -4.30. The zero-order chi connectivity index (χ0) is 33.3. The molecule has 5 atom stereocenters. The number of thiophene rings is 1. The molecule has 2 aliphatic rings. The molecule has 0 radical (unpaired) electrons. The molecule has 1 saturated carbocycles. The monoisotopic (exact) mass is 672 g/mol. The lowest BCUT2D eigenvalue weighted by atomic mass is 9.91. The quantitative estimate of drug-likeness (QED) is 0.0897. The molecule has 1 aliphatic heterocycles. The van der Waals surface area contributed by atoms with Crippen molar-refractivity contribution in [2.24, 2.45) is 11.8 Å². The molecule has 5 aromatic rings. The highest BCUT2D eigenvalue weighted by atomic mass is 32.1. The summed E-state index contributed by atoms with van der Waals surface area (Å²) in [6.07, 6.45) is 3.99. The molecule has 2 heterocycles. The van der Waals surface area contributed by atoms with E-state index >= 15 is 0 Å². The Morgan fingerprint density at radius 3 is 2.10 bits per heavy atom. The van der Waals surface area contributed by atoms with Gasteiger partial charge >= 0.3 is 11.9 Å². The van der Waals surface area contributed by atoms with E-state index in [0.717, 1.165) is 4.88 Å². The van der Waals surface area contributed by atoms with E-state index < -0.39 is 20.5 Å². The Kier molecular flexibility index (Phi) is 8.94. The molecule has 0 unspecified atom stereocenters. The average molecular weight is 673 g/mol. The van der Waals surface area contributed by atoms with Gasteiger partial charge in [0.2, 0.25) is 0 Å². The number of hydrogen-bond acceptors (Lipinski definition) is 6. The number of benzene rings is 4. The minimum absolute atomic E-state index is 0.0711. The summed E-state index contributed by atoms with van der Waals surface area (Å²) in [6.45, 7) is 6.85. The van der Waals surface area contributed by atoms with Gasteiger partial charge in [-0.3, -0.25) is 4.79 Å². The first kappa shape index (κ1) is 32.3. The van der Waals surface area contributed by atoms with Gasteiger partial charge in [0.25, 0.3) is 8.32 Å². The van der Waals surface area contributed by atoms with Crippen molar-refractivity contribution in [3.8, 4) is 0 Å². The molecule has 244 valence electrons. The molecule has 1 aliphatic carbocycles. The highest BCUT2D eigenvalue weighted by Crippen LogP contribution is 2.46. The van der Waals surface area contributed by atoms with Crippen LogP contribution in [0.4, 0.5) is 0 Å². The predicted octanol–water partition coefficient (Wildman–Crippen LogP) is 8.25. The zero-order valence-corrected chi connectivity index (χ0v) is 29.3. The summed E-state index contributed by atoms with van der Waals surface area (Å²) in [5.74, 6) is -0.831. The number of ether oxygens (including phenoxy) is 2. The van der Waals surface area contributed by atoms with Gasteiger partial charge in [0.05, 0.1) is 18.1 Å². The van der Waals surface area contributed by atoms with Crippen LogP contribution in [0, 0.1) is 11.8 Å². The molecule has 0 bridgehead atoms. The van der Waals surface area contributed by atoms with E-state index in [1.807, 2.05) is 18.2 Å². The summed E-state index contributed by atoms with van der Waals surface area (Å²) in [5, 5.41) is 3.35. The molecule has 0 N–H and O–H groups in total. The summed E-state index contributed by atoms with van der Waals surface area (Å²) in [7, 11) is -2.95.